The Morgan fingerprint density at radius 3 is 2.58 bits per heavy atom. The molecule has 0 aliphatic rings. The van der Waals surface area contributed by atoms with Crippen molar-refractivity contribution in [2.75, 3.05) is 0 Å². The van der Waals surface area contributed by atoms with Crippen LogP contribution in [-0.4, -0.2) is 26.3 Å². The van der Waals surface area contributed by atoms with Crippen LogP contribution < -0.4 is 4.74 Å². The molecular formula is C24H18N2O4S. The van der Waals surface area contributed by atoms with Crippen LogP contribution in [0.2, 0.25) is 0 Å². The van der Waals surface area contributed by atoms with E-state index in [0.717, 1.165) is 15.3 Å². The van der Waals surface area contributed by atoms with Gasteiger partial charge in [-0.15, -0.1) is 11.3 Å². The number of aromatic nitrogens is 2. The summed E-state index contributed by atoms with van der Waals surface area (Å²) in [6.45, 7) is 4.21. The number of ether oxygens (including phenoxy) is 1. The number of aromatic hydroxyl groups is 1. The first-order chi connectivity index (χ1) is 14.9. The molecule has 0 saturated heterocycles. The summed E-state index contributed by atoms with van der Waals surface area (Å²) in [6, 6.07) is 17.1. The van der Waals surface area contributed by atoms with E-state index in [0.29, 0.717) is 22.1 Å². The second-order valence-electron chi connectivity index (χ2n) is 7.42. The molecule has 0 radical (unpaired) electrons. The first kappa shape index (κ1) is 19.1. The molecule has 3 N–H and O–H groups in total. The highest BCUT2D eigenvalue weighted by atomic mass is 32.1. The average Bonchev–Trinajstić information content (AvgIpc) is 3.36. The zero-order valence-corrected chi connectivity index (χ0v) is 17.6. The van der Waals surface area contributed by atoms with Gasteiger partial charge in [0.15, 0.2) is 0 Å². The maximum absolute atomic E-state index is 10.8. The minimum Gasteiger partial charge on any atom is -0.507 e. The zero-order chi connectivity index (χ0) is 21.7. The van der Waals surface area contributed by atoms with E-state index < -0.39 is 6.16 Å². The molecule has 5 rings (SSSR count). The number of thiophene rings is 1. The van der Waals surface area contributed by atoms with Crippen molar-refractivity contribution in [2.24, 2.45) is 0 Å². The predicted molar refractivity (Wildman–Crippen MR) is 122 cm³/mol. The molecule has 2 aromatic heterocycles. The Morgan fingerprint density at radius 1 is 1.00 bits per heavy atom. The summed E-state index contributed by atoms with van der Waals surface area (Å²) < 4.78 is 4.68. The second kappa shape index (κ2) is 7.14. The standard InChI is InChI=1S/C24H18N2O4S/c1-12-3-4-14(9-13(12)2)19-7-8-20(31-19)23-25-17-6-5-15-10-16(30-24(28)29)11-18(27)21(15)22(17)26-23/h3-11,27H,1-2H3,(H,25,26)(H,28,29). The van der Waals surface area contributed by atoms with Gasteiger partial charge in [-0.3, -0.25) is 0 Å². The number of fused-ring (bicyclic) bond motifs is 3. The number of H-pyrrole nitrogens is 1. The molecule has 0 aliphatic heterocycles. The number of aromatic amines is 1. The zero-order valence-electron chi connectivity index (χ0n) is 16.8. The number of hydrogen-bond donors (Lipinski definition) is 3. The van der Waals surface area contributed by atoms with E-state index in [9.17, 15) is 9.90 Å². The van der Waals surface area contributed by atoms with E-state index in [-0.39, 0.29) is 11.5 Å². The molecule has 5 aromatic rings. The van der Waals surface area contributed by atoms with E-state index in [2.05, 4.69) is 47.8 Å². The maximum atomic E-state index is 10.8. The van der Waals surface area contributed by atoms with Crippen molar-refractivity contribution < 1.29 is 19.7 Å². The molecule has 0 atom stereocenters. The Bertz CT molecular complexity index is 1480. The van der Waals surface area contributed by atoms with Crippen molar-refractivity contribution in [1.82, 2.24) is 9.97 Å². The van der Waals surface area contributed by atoms with Gasteiger partial charge in [0.2, 0.25) is 0 Å². The summed E-state index contributed by atoms with van der Waals surface area (Å²) in [6.07, 6.45) is -1.43. The number of benzene rings is 3. The number of aryl methyl sites for hydroxylation is 2. The molecule has 3 aromatic carbocycles. The van der Waals surface area contributed by atoms with Crippen LogP contribution in [0, 0.1) is 13.8 Å². The van der Waals surface area contributed by atoms with Gasteiger partial charge in [-0.25, -0.2) is 9.78 Å². The summed E-state index contributed by atoms with van der Waals surface area (Å²) >= 11 is 1.65. The number of phenols is 1. The summed E-state index contributed by atoms with van der Waals surface area (Å²) in [5.74, 6) is 0.691. The molecule has 0 spiro atoms. The fourth-order valence-electron chi connectivity index (χ4n) is 3.67. The summed E-state index contributed by atoms with van der Waals surface area (Å²) in [5.41, 5.74) is 5.09. The van der Waals surface area contributed by atoms with Crippen LogP contribution in [0.25, 0.3) is 42.9 Å². The number of imidazole rings is 1. The Kier molecular flexibility index (Phi) is 4.41. The van der Waals surface area contributed by atoms with Crippen molar-refractivity contribution >= 4 is 39.3 Å². The van der Waals surface area contributed by atoms with Gasteiger partial charge in [0, 0.05) is 10.9 Å². The molecule has 7 heteroatoms. The molecule has 2 heterocycles. The number of nitrogens with one attached hydrogen (secondary N) is 1. The monoisotopic (exact) mass is 430 g/mol. The molecule has 0 bridgehead atoms. The normalized spacial score (nSPS) is 11.3. The number of carboxylic acid groups (broad SMARTS) is 1. The first-order valence-corrected chi connectivity index (χ1v) is 10.4. The molecular weight excluding hydrogens is 412 g/mol. The highest BCUT2D eigenvalue weighted by molar-refractivity contribution is 7.18. The largest absolute Gasteiger partial charge is 0.511 e. The van der Waals surface area contributed by atoms with Gasteiger partial charge in [0.05, 0.1) is 15.8 Å². The number of carbonyl (C=O) groups is 1. The smallest absolute Gasteiger partial charge is 0.507 e. The molecule has 0 saturated carbocycles. The second-order valence-corrected chi connectivity index (χ2v) is 8.50. The van der Waals surface area contributed by atoms with Gasteiger partial charge in [0.1, 0.15) is 22.8 Å². The first-order valence-electron chi connectivity index (χ1n) is 9.63. The van der Waals surface area contributed by atoms with Crippen LogP contribution >= 0.6 is 11.3 Å². The highest BCUT2D eigenvalue weighted by Gasteiger charge is 2.15. The van der Waals surface area contributed by atoms with Crippen molar-refractivity contribution in [2.45, 2.75) is 13.8 Å². The summed E-state index contributed by atoms with van der Waals surface area (Å²) in [4.78, 5) is 21.0. The number of nitrogens with zero attached hydrogens (tertiary/aromatic N) is 1. The third-order valence-electron chi connectivity index (χ3n) is 5.36. The van der Waals surface area contributed by atoms with Crippen molar-refractivity contribution in [3.63, 3.8) is 0 Å². The minimum absolute atomic E-state index is 0.0592. The third kappa shape index (κ3) is 3.39. The van der Waals surface area contributed by atoms with E-state index in [1.807, 2.05) is 12.1 Å². The minimum atomic E-state index is -1.43. The Morgan fingerprint density at radius 2 is 1.81 bits per heavy atom. The van der Waals surface area contributed by atoms with E-state index >= 15 is 0 Å². The molecule has 0 aliphatic carbocycles. The molecule has 154 valence electrons. The molecule has 0 amide bonds. The van der Waals surface area contributed by atoms with E-state index in [4.69, 9.17) is 10.1 Å². The van der Waals surface area contributed by atoms with Gasteiger partial charge < -0.3 is 19.9 Å². The molecule has 31 heavy (non-hydrogen) atoms. The van der Waals surface area contributed by atoms with Gasteiger partial charge in [-0.1, -0.05) is 24.3 Å². The van der Waals surface area contributed by atoms with Crippen molar-refractivity contribution in [3.05, 3.63) is 65.7 Å². The SMILES string of the molecule is Cc1ccc(-c2ccc(-c3nc4c(ccc5cc(OC(=O)O)cc(O)c54)[nH]3)s2)cc1C. The summed E-state index contributed by atoms with van der Waals surface area (Å²) in [5, 5.41) is 20.5. The van der Waals surface area contributed by atoms with Crippen LogP contribution in [-0.2, 0) is 0 Å². The number of rotatable bonds is 3. The summed E-state index contributed by atoms with van der Waals surface area (Å²) in [7, 11) is 0. The van der Waals surface area contributed by atoms with Gasteiger partial charge in [-0.05, 0) is 60.2 Å². The fourth-order valence-corrected chi connectivity index (χ4v) is 4.62. The predicted octanol–water partition coefficient (Wildman–Crippen LogP) is 6.49. The number of phenolic OH excluding ortho intramolecular Hbond substituents is 1. The quantitative estimate of drug-likeness (QED) is 0.225. The average molecular weight is 430 g/mol. The Hall–Kier alpha value is -3.84. The lowest BCUT2D eigenvalue weighted by molar-refractivity contribution is 0.144. The lowest BCUT2D eigenvalue weighted by atomic mass is 10.1. The van der Waals surface area contributed by atoms with Gasteiger partial charge in [-0.2, -0.15) is 0 Å². The lowest BCUT2D eigenvalue weighted by Gasteiger charge is -2.05. The molecule has 0 unspecified atom stereocenters. The number of hydrogen-bond acceptors (Lipinski definition) is 5. The highest BCUT2D eigenvalue weighted by Crippen LogP contribution is 2.38. The topological polar surface area (TPSA) is 95.4 Å². The van der Waals surface area contributed by atoms with Crippen molar-refractivity contribution in [3.8, 4) is 32.6 Å². The lowest BCUT2D eigenvalue weighted by Crippen LogP contribution is -2.02. The maximum Gasteiger partial charge on any atom is 0.511 e. The van der Waals surface area contributed by atoms with Gasteiger partial charge >= 0.3 is 6.16 Å². The van der Waals surface area contributed by atoms with Crippen LogP contribution in [0.1, 0.15) is 11.1 Å². The van der Waals surface area contributed by atoms with Crippen LogP contribution in [0.5, 0.6) is 11.5 Å². The van der Waals surface area contributed by atoms with Crippen molar-refractivity contribution in [1.29, 1.82) is 0 Å². The third-order valence-corrected chi connectivity index (χ3v) is 6.50. The van der Waals surface area contributed by atoms with Crippen LogP contribution in [0.3, 0.4) is 0 Å². The fraction of sp³-hybridized carbons (Fsp3) is 0.0833. The van der Waals surface area contributed by atoms with Crippen LogP contribution in [0.4, 0.5) is 4.79 Å². The van der Waals surface area contributed by atoms with Gasteiger partial charge in [0.25, 0.3) is 0 Å². The Labute approximate surface area is 181 Å². The van der Waals surface area contributed by atoms with E-state index in [1.54, 1.807) is 23.5 Å². The molecule has 6 nitrogen and oxygen atoms in total. The Balaban J connectivity index is 1.58. The molecule has 0 fully saturated rings. The van der Waals surface area contributed by atoms with E-state index in [1.165, 1.54) is 22.8 Å². The van der Waals surface area contributed by atoms with Crippen LogP contribution in [0.15, 0.2) is 54.6 Å².